The van der Waals surface area contributed by atoms with Crippen LogP contribution in [0.3, 0.4) is 0 Å². The molecule has 0 radical (unpaired) electrons. The minimum atomic E-state index is 0.0287. The van der Waals surface area contributed by atoms with Crippen LogP contribution in [0.4, 0.5) is 0 Å². The van der Waals surface area contributed by atoms with E-state index in [0.29, 0.717) is 29.5 Å². The van der Waals surface area contributed by atoms with E-state index in [1.165, 1.54) is 51.4 Å². The largest absolute Gasteiger partial charge is 0.462 e. The fourth-order valence-corrected chi connectivity index (χ4v) is 8.84. The van der Waals surface area contributed by atoms with Gasteiger partial charge < -0.3 is 9.64 Å². The zero-order chi connectivity index (χ0) is 21.6. The molecule has 0 bridgehead atoms. The second-order valence-electron chi connectivity index (χ2n) is 12.2. The van der Waals surface area contributed by atoms with Crippen LogP contribution in [0.2, 0.25) is 0 Å². The first-order valence-corrected chi connectivity index (χ1v) is 13.3. The van der Waals surface area contributed by atoms with Crippen LogP contribution < -0.4 is 0 Å². The second-order valence-corrected chi connectivity index (χ2v) is 12.2. The number of nitrogens with zero attached hydrogens (tertiary/aromatic N) is 1. The number of piperidine rings is 1. The van der Waals surface area contributed by atoms with E-state index in [4.69, 9.17) is 4.74 Å². The maximum Gasteiger partial charge on any atom is 0.307 e. The van der Waals surface area contributed by atoms with Crippen LogP contribution >= 0.6 is 0 Å². The van der Waals surface area contributed by atoms with Crippen molar-refractivity contribution >= 4 is 11.8 Å². The maximum atomic E-state index is 12.7. The number of ether oxygens (including phenoxy) is 1. The lowest BCUT2D eigenvalue weighted by Gasteiger charge is -2.60. The van der Waals surface area contributed by atoms with Crippen LogP contribution in [0.25, 0.3) is 0 Å². The molecule has 1 heterocycles. The summed E-state index contributed by atoms with van der Waals surface area (Å²) in [5.41, 5.74) is 0.525. The van der Waals surface area contributed by atoms with E-state index in [1.807, 2.05) is 0 Å². The van der Waals surface area contributed by atoms with E-state index in [2.05, 4.69) is 18.7 Å². The Morgan fingerprint density at radius 2 is 1.74 bits per heavy atom. The van der Waals surface area contributed by atoms with Gasteiger partial charge in [0.15, 0.2) is 0 Å². The number of rotatable bonds is 4. The molecule has 5 rings (SSSR count). The molecule has 0 aromatic carbocycles. The van der Waals surface area contributed by atoms with Crippen LogP contribution in [0.15, 0.2) is 0 Å². The zero-order valence-corrected chi connectivity index (χ0v) is 19.9. The molecule has 4 saturated carbocycles. The van der Waals surface area contributed by atoms with Gasteiger partial charge in [0, 0.05) is 24.8 Å². The zero-order valence-electron chi connectivity index (χ0n) is 19.9. The van der Waals surface area contributed by atoms with Crippen LogP contribution in [0.5, 0.6) is 0 Å². The number of fused-ring (bicyclic) bond motifs is 5. The van der Waals surface area contributed by atoms with Gasteiger partial charge in [0.25, 0.3) is 0 Å². The molecule has 0 amide bonds. The molecule has 4 heteroatoms. The van der Waals surface area contributed by atoms with Crippen LogP contribution in [-0.2, 0) is 14.3 Å². The molecule has 0 aromatic rings. The van der Waals surface area contributed by atoms with Gasteiger partial charge >= 0.3 is 5.97 Å². The molecule has 31 heavy (non-hydrogen) atoms. The van der Waals surface area contributed by atoms with Gasteiger partial charge in [-0.2, -0.15) is 0 Å². The van der Waals surface area contributed by atoms with E-state index in [9.17, 15) is 9.59 Å². The van der Waals surface area contributed by atoms with Crippen LogP contribution in [-0.4, -0.2) is 42.4 Å². The Bertz CT molecular complexity index is 701. The normalized spacial score (nSPS) is 45.5. The van der Waals surface area contributed by atoms with E-state index in [1.54, 1.807) is 0 Å². The molecule has 0 N–H and O–H groups in total. The minimum Gasteiger partial charge on any atom is -0.462 e. The number of carbonyl (C=O) groups excluding carboxylic acids is 2. The Morgan fingerprint density at radius 1 is 0.968 bits per heavy atom. The Hall–Kier alpha value is -0.900. The molecule has 7 atom stereocenters. The summed E-state index contributed by atoms with van der Waals surface area (Å²) in [6.07, 6.45) is 14.5. The van der Waals surface area contributed by atoms with Crippen molar-refractivity contribution in [3.8, 4) is 0 Å². The highest BCUT2D eigenvalue weighted by atomic mass is 16.5. The molecule has 0 aromatic heterocycles. The highest BCUT2D eigenvalue weighted by Crippen LogP contribution is 2.66. The number of hydrogen-bond acceptors (Lipinski definition) is 4. The lowest BCUT2D eigenvalue weighted by atomic mass is 9.45. The number of carbonyl (C=O) groups is 2. The average Bonchev–Trinajstić information content (AvgIpc) is 3.10. The topological polar surface area (TPSA) is 46.6 Å². The lowest BCUT2D eigenvalue weighted by Crippen LogP contribution is -2.54. The molecule has 1 saturated heterocycles. The Morgan fingerprint density at radius 3 is 2.55 bits per heavy atom. The molecular weight excluding hydrogens is 386 g/mol. The summed E-state index contributed by atoms with van der Waals surface area (Å²) in [6.45, 7) is 8.10. The van der Waals surface area contributed by atoms with Gasteiger partial charge in [0.1, 0.15) is 11.9 Å². The third-order valence-electron chi connectivity index (χ3n) is 10.7. The maximum absolute atomic E-state index is 12.7. The van der Waals surface area contributed by atoms with E-state index in [-0.39, 0.29) is 17.5 Å². The van der Waals surface area contributed by atoms with Crippen molar-refractivity contribution in [2.24, 2.45) is 34.5 Å². The van der Waals surface area contributed by atoms with Crippen molar-refractivity contribution in [1.29, 1.82) is 0 Å². The Kier molecular flexibility index (Phi) is 5.99. The molecule has 0 unspecified atom stereocenters. The molecule has 0 spiro atoms. The smallest absolute Gasteiger partial charge is 0.307 e. The molecular formula is C27H43NO3. The SMILES string of the molecule is C[C@]12CCC(=O)C[C@@H]1CC[C@H]1[C@H]2CC[C@]2(C)[C@@H](OC(=O)CCN3CCCCC3)CC[C@@H]12. The van der Waals surface area contributed by atoms with Crippen molar-refractivity contribution in [3.05, 3.63) is 0 Å². The first kappa shape index (κ1) is 21.9. The first-order valence-electron chi connectivity index (χ1n) is 13.3. The van der Waals surface area contributed by atoms with Crippen molar-refractivity contribution in [3.63, 3.8) is 0 Å². The molecule has 174 valence electrons. The second kappa shape index (κ2) is 8.47. The van der Waals surface area contributed by atoms with E-state index in [0.717, 1.165) is 57.2 Å². The third-order valence-corrected chi connectivity index (χ3v) is 10.7. The van der Waals surface area contributed by atoms with Crippen molar-refractivity contribution in [1.82, 2.24) is 4.90 Å². The molecule has 5 aliphatic rings. The molecule has 1 aliphatic heterocycles. The van der Waals surface area contributed by atoms with E-state index >= 15 is 0 Å². The first-order chi connectivity index (χ1) is 14.9. The number of hydrogen-bond donors (Lipinski definition) is 0. The summed E-state index contributed by atoms with van der Waals surface area (Å²) in [4.78, 5) is 27.3. The van der Waals surface area contributed by atoms with Gasteiger partial charge in [-0.3, -0.25) is 9.59 Å². The predicted octanol–water partition coefficient (Wildman–Crippen LogP) is 5.39. The van der Waals surface area contributed by atoms with Gasteiger partial charge in [-0.25, -0.2) is 0 Å². The van der Waals surface area contributed by atoms with Gasteiger partial charge in [-0.05, 0) is 100.0 Å². The highest BCUT2D eigenvalue weighted by Gasteiger charge is 2.61. The van der Waals surface area contributed by atoms with Crippen molar-refractivity contribution in [2.75, 3.05) is 19.6 Å². The minimum absolute atomic E-state index is 0.0287. The van der Waals surface area contributed by atoms with Gasteiger partial charge in [-0.15, -0.1) is 0 Å². The average molecular weight is 430 g/mol. The van der Waals surface area contributed by atoms with Gasteiger partial charge in [0.2, 0.25) is 0 Å². The van der Waals surface area contributed by atoms with Crippen molar-refractivity contribution in [2.45, 2.75) is 103 Å². The number of likely N-dealkylation sites (tertiary alicyclic amines) is 1. The summed E-state index contributed by atoms with van der Waals surface area (Å²) in [5, 5.41) is 0. The van der Waals surface area contributed by atoms with Crippen molar-refractivity contribution < 1.29 is 14.3 Å². The van der Waals surface area contributed by atoms with Gasteiger partial charge in [0.05, 0.1) is 6.42 Å². The summed E-state index contributed by atoms with van der Waals surface area (Å²) in [6, 6.07) is 0. The van der Waals surface area contributed by atoms with Gasteiger partial charge in [-0.1, -0.05) is 20.3 Å². The Labute approximate surface area is 188 Å². The summed E-state index contributed by atoms with van der Waals surface area (Å²) in [5.74, 6) is 3.38. The predicted molar refractivity (Wildman–Crippen MR) is 122 cm³/mol. The summed E-state index contributed by atoms with van der Waals surface area (Å²) < 4.78 is 6.19. The number of Topliss-reactive ketones (excluding diaryl/α,β-unsaturated/α-hetero) is 1. The van der Waals surface area contributed by atoms with Crippen LogP contribution in [0.1, 0.15) is 97.3 Å². The fourth-order valence-electron chi connectivity index (χ4n) is 8.84. The highest BCUT2D eigenvalue weighted by molar-refractivity contribution is 5.79. The molecule has 4 nitrogen and oxygen atoms in total. The van der Waals surface area contributed by atoms with E-state index < -0.39 is 0 Å². The number of esters is 1. The monoisotopic (exact) mass is 429 g/mol. The molecule has 5 fully saturated rings. The number of ketones is 1. The fraction of sp³-hybridized carbons (Fsp3) is 0.926. The molecule has 4 aliphatic carbocycles. The lowest BCUT2D eigenvalue weighted by molar-refractivity contribution is -0.164. The quantitative estimate of drug-likeness (QED) is 0.563. The standard InChI is InChI=1S/C27H43NO3/c1-26-13-10-20(29)18-19(26)6-7-21-22-8-9-24(27(22,2)14-11-23(21)26)31-25(30)12-17-28-15-4-3-5-16-28/h19,21-24H,3-18H2,1-2H3/t19-,21+,22-,23+,24-,26-,27-/m0/s1. The van der Waals surface area contributed by atoms with Crippen LogP contribution in [0, 0.1) is 34.5 Å². The summed E-state index contributed by atoms with van der Waals surface area (Å²) >= 11 is 0. The third kappa shape index (κ3) is 3.89. The Balaban J connectivity index is 1.22. The summed E-state index contributed by atoms with van der Waals surface area (Å²) in [7, 11) is 0.